The third kappa shape index (κ3) is 3.37. The lowest BCUT2D eigenvalue weighted by Gasteiger charge is -2.25. The van der Waals surface area contributed by atoms with Crippen LogP contribution in [0.3, 0.4) is 0 Å². The van der Waals surface area contributed by atoms with Gasteiger partial charge in [-0.15, -0.1) is 0 Å². The number of nitrogens with zero attached hydrogens (tertiary/aromatic N) is 2. The zero-order chi connectivity index (χ0) is 14.5. The second-order valence-electron chi connectivity index (χ2n) is 5.34. The monoisotopic (exact) mass is 295 g/mol. The molecule has 1 aliphatic heterocycles. The summed E-state index contributed by atoms with van der Waals surface area (Å²) >= 11 is 6.11. The molecule has 1 heterocycles. The van der Waals surface area contributed by atoms with Crippen molar-refractivity contribution in [1.29, 1.82) is 0 Å². The molecule has 2 rings (SSSR count). The smallest absolute Gasteiger partial charge is 0.172 e. The topological polar surface area (TPSA) is 61.8 Å². The van der Waals surface area contributed by atoms with E-state index in [-0.39, 0.29) is 5.84 Å². The molecule has 5 heteroatoms. The number of oxime groups is 1. The van der Waals surface area contributed by atoms with E-state index in [2.05, 4.69) is 17.0 Å². The summed E-state index contributed by atoms with van der Waals surface area (Å²) in [5.41, 5.74) is 7.48. The molecule has 1 aromatic carbocycles. The molecular weight excluding hydrogens is 274 g/mol. The van der Waals surface area contributed by atoms with Crippen LogP contribution in [-0.2, 0) is 0 Å². The summed E-state index contributed by atoms with van der Waals surface area (Å²) in [7, 11) is 0. The number of anilines is 1. The van der Waals surface area contributed by atoms with Crippen LogP contribution in [0.5, 0.6) is 0 Å². The van der Waals surface area contributed by atoms with Crippen molar-refractivity contribution in [3.63, 3.8) is 0 Å². The molecule has 1 aliphatic rings. The van der Waals surface area contributed by atoms with Gasteiger partial charge in [-0.1, -0.05) is 30.1 Å². The number of amidine groups is 1. The molecule has 0 aliphatic carbocycles. The molecule has 0 amide bonds. The standard InChI is InChI=1S/C15H22ClN3O/c1-2-11-4-3-8-19(9-7-11)14-10-12(16)5-6-13(14)15(17)18-20/h5-6,10-11,20H,2-4,7-9H2,1H3,(H2,17,18). The van der Waals surface area contributed by atoms with Gasteiger partial charge in [0.05, 0.1) is 0 Å². The Morgan fingerprint density at radius 2 is 2.25 bits per heavy atom. The summed E-state index contributed by atoms with van der Waals surface area (Å²) in [6, 6.07) is 5.49. The summed E-state index contributed by atoms with van der Waals surface area (Å²) in [6.07, 6.45) is 4.85. The molecule has 0 saturated carbocycles. The van der Waals surface area contributed by atoms with Crippen LogP contribution >= 0.6 is 11.6 Å². The fraction of sp³-hybridized carbons (Fsp3) is 0.533. The molecule has 20 heavy (non-hydrogen) atoms. The van der Waals surface area contributed by atoms with E-state index < -0.39 is 0 Å². The molecule has 1 atom stereocenters. The maximum atomic E-state index is 8.93. The molecule has 110 valence electrons. The van der Waals surface area contributed by atoms with E-state index >= 15 is 0 Å². The van der Waals surface area contributed by atoms with Crippen molar-refractivity contribution >= 4 is 23.1 Å². The molecule has 1 unspecified atom stereocenters. The predicted octanol–water partition coefficient (Wildman–Crippen LogP) is 3.45. The van der Waals surface area contributed by atoms with Gasteiger partial charge in [0.25, 0.3) is 0 Å². The number of rotatable bonds is 3. The predicted molar refractivity (Wildman–Crippen MR) is 83.8 cm³/mol. The van der Waals surface area contributed by atoms with Crippen molar-refractivity contribution in [3.05, 3.63) is 28.8 Å². The van der Waals surface area contributed by atoms with Gasteiger partial charge >= 0.3 is 0 Å². The lowest BCUT2D eigenvalue weighted by Crippen LogP contribution is -2.27. The summed E-state index contributed by atoms with van der Waals surface area (Å²) < 4.78 is 0. The highest BCUT2D eigenvalue weighted by molar-refractivity contribution is 6.31. The lowest BCUT2D eigenvalue weighted by atomic mass is 9.98. The van der Waals surface area contributed by atoms with Crippen molar-refractivity contribution < 1.29 is 5.21 Å². The van der Waals surface area contributed by atoms with E-state index in [0.29, 0.717) is 5.02 Å². The molecule has 0 spiro atoms. The van der Waals surface area contributed by atoms with Crippen LogP contribution in [0.4, 0.5) is 5.69 Å². The van der Waals surface area contributed by atoms with Gasteiger partial charge in [-0.05, 0) is 43.4 Å². The van der Waals surface area contributed by atoms with Gasteiger partial charge in [0, 0.05) is 29.4 Å². The van der Waals surface area contributed by atoms with Crippen LogP contribution in [0.25, 0.3) is 0 Å². The number of halogens is 1. The van der Waals surface area contributed by atoms with E-state index in [0.717, 1.165) is 30.3 Å². The van der Waals surface area contributed by atoms with E-state index in [9.17, 15) is 0 Å². The maximum Gasteiger partial charge on any atom is 0.172 e. The van der Waals surface area contributed by atoms with Gasteiger partial charge in [-0.2, -0.15) is 0 Å². The lowest BCUT2D eigenvalue weighted by molar-refractivity contribution is 0.318. The minimum atomic E-state index is 0.132. The molecule has 1 fully saturated rings. The zero-order valence-electron chi connectivity index (χ0n) is 11.8. The summed E-state index contributed by atoms with van der Waals surface area (Å²) in [5, 5.41) is 12.7. The molecule has 3 N–H and O–H groups in total. The van der Waals surface area contributed by atoms with E-state index in [4.69, 9.17) is 22.5 Å². The van der Waals surface area contributed by atoms with Crippen molar-refractivity contribution in [2.24, 2.45) is 16.8 Å². The minimum absolute atomic E-state index is 0.132. The number of hydrogen-bond donors (Lipinski definition) is 2. The highest BCUT2D eigenvalue weighted by atomic mass is 35.5. The molecule has 1 aromatic rings. The van der Waals surface area contributed by atoms with Crippen molar-refractivity contribution in [1.82, 2.24) is 0 Å². The van der Waals surface area contributed by atoms with E-state index in [1.54, 1.807) is 6.07 Å². The van der Waals surface area contributed by atoms with E-state index in [1.807, 2.05) is 12.1 Å². The molecule has 1 saturated heterocycles. The Bertz CT molecular complexity index is 490. The number of nitrogens with two attached hydrogens (primary N) is 1. The van der Waals surface area contributed by atoms with Gasteiger partial charge in [-0.3, -0.25) is 0 Å². The van der Waals surface area contributed by atoms with Crippen LogP contribution in [0, 0.1) is 5.92 Å². The Morgan fingerprint density at radius 3 is 2.95 bits per heavy atom. The Kier molecular flexibility index (Phi) is 5.12. The maximum absolute atomic E-state index is 8.93. The van der Waals surface area contributed by atoms with Crippen LogP contribution in [0.1, 0.15) is 38.2 Å². The summed E-state index contributed by atoms with van der Waals surface area (Å²) in [5.74, 6) is 0.930. The van der Waals surface area contributed by atoms with E-state index in [1.165, 1.54) is 25.7 Å². The van der Waals surface area contributed by atoms with Gasteiger partial charge in [0.1, 0.15) is 0 Å². The van der Waals surface area contributed by atoms with Crippen LogP contribution in [-0.4, -0.2) is 24.1 Å². The second kappa shape index (κ2) is 6.84. The fourth-order valence-corrected chi connectivity index (χ4v) is 3.02. The first-order valence-electron chi connectivity index (χ1n) is 7.18. The second-order valence-corrected chi connectivity index (χ2v) is 5.78. The number of hydrogen-bond acceptors (Lipinski definition) is 3. The average Bonchev–Trinajstić information content (AvgIpc) is 2.71. The van der Waals surface area contributed by atoms with Gasteiger partial charge in [0.15, 0.2) is 5.84 Å². The summed E-state index contributed by atoms with van der Waals surface area (Å²) in [4.78, 5) is 2.30. The Labute approximate surface area is 125 Å². The highest BCUT2D eigenvalue weighted by Crippen LogP contribution is 2.29. The Balaban J connectivity index is 2.29. The number of benzene rings is 1. The Morgan fingerprint density at radius 1 is 1.45 bits per heavy atom. The normalized spacial score (nSPS) is 20.8. The van der Waals surface area contributed by atoms with Crippen LogP contribution in [0.2, 0.25) is 5.02 Å². The average molecular weight is 296 g/mol. The first-order valence-corrected chi connectivity index (χ1v) is 7.56. The quantitative estimate of drug-likeness (QED) is 0.388. The van der Waals surface area contributed by atoms with Crippen molar-refractivity contribution in [3.8, 4) is 0 Å². The highest BCUT2D eigenvalue weighted by Gasteiger charge is 2.19. The molecule has 0 radical (unpaired) electrons. The van der Waals surface area contributed by atoms with Crippen molar-refractivity contribution in [2.45, 2.75) is 32.6 Å². The van der Waals surface area contributed by atoms with Crippen LogP contribution in [0.15, 0.2) is 23.4 Å². The minimum Gasteiger partial charge on any atom is -0.409 e. The third-order valence-corrected chi connectivity index (χ3v) is 4.34. The molecule has 4 nitrogen and oxygen atoms in total. The molecule has 0 aromatic heterocycles. The molecular formula is C15H22ClN3O. The SMILES string of the molecule is CCC1CCCN(c2cc(Cl)ccc2C(N)=NO)CC1. The van der Waals surface area contributed by atoms with Crippen molar-refractivity contribution in [2.75, 3.05) is 18.0 Å². The first-order chi connectivity index (χ1) is 9.65. The van der Waals surface area contributed by atoms with Crippen LogP contribution < -0.4 is 10.6 Å². The largest absolute Gasteiger partial charge is 0.409 e. The molecule has 0 bridgehead atoms. The van der Waals surface area contributed by atoms with Gasteiger partial charge < -0.3 is 15.8 Å². The van der Waals surface area contributed by atoms with Gasteiger partial charge in [-0.25, -0.2) is 0 Å². The summed E-state index contributed by atoms with van der Waals surface area (Å²) in [6.45, 7) is 4.23. The zero-order valence-corrected chi connectivity index (χ0v) is 12.6. The Hall–Kier alpha value is -1.42. The third-order valence-electron chi connectivity index (χ3n) is 4.11. The first kappa shape index (κ1) is 15.0. The van der Waals surface area contributed by atoms with Gasteiger partial charge in [0.2, 0.25) is 0 Å². The fourth-order valence-electron chi connectivity index (χ4n) is 2.85.